The van der Waals surface area contributed by atoms with Crippen LogP contribution < -0.4 is 5.73 Å². The fourth-order valence-electron chi connectivity index (χ4n) is 2.66. The van der Waals surface area contributed by atoms with Crippen molar-refractivity contribution in [2.75, 3.05) is 39.3 Å². The first-order valence-electron chi connectivity index (χ1n) is 7.02. The first-order chi connectivity index (χ1) is 8.65. The third-order valence-corrected chi connectivity index (χ3v) is 3.71. The summed E-state index contributed by atoms with van der Waals surface area (Å²) in [5, 5.41) is 0. The van der Waals surface area contributed by atoms with Crippen molar-refractivity contribution in [1.29, 1.82) is 0 Å². The second kappa shape index (κ2) is 6.50. The molecule has 18 heavy (non-hydrogen) atoms. The molecule has 2 rings (SSSR count). The predicted molar refractivity (Wildman–Crippen MR) is 70.3 cm³/mol. The molecule has 104 valence electrons. The first-order valence-corrected chi connectivity index (χ1v) is 7.02. The summed E-state index contributed by atoms with van der Waals surface area (Å²) >= 11 is 0. The molecule has 0 aromatic heterocycles. The van der Waals surface area contributed by atoms with E-state index in [1.54, 1.807) is 0 Å². The van der Waals surface area contributed by atoms with Crippen molar-refractivity contribution < 1.29 is 9.53 Å². The van der Waals surface area contributed by atoms with Crippen LogP contribution in [0.15, 0.2) is 0 Å². The number of hydrogen-bond acceptors (Lipinski definition) is 4. The lowest BCUT2D eigenvalue weighted by Crippen LogP contribution is -2.51. The van der Waals surface area contributed by atoms with Gasteiger partial charge in [-0.05, 0) is 19.8 Å². The average molecular weight is 255 g/mol. The van der Waals surface area contributed by atoms with Gasteiger partial charge in [-0.25, -0.2) is 0 Å². The van der Waals surface area contributed by atoms with Crippen molar-refractivity contribution in [1.82, 2.24) is 9.80 Å². The van der Waals surface area contributed by atoms with Gasteiger partial charge in [0.25, 0.3) is 0 Å². The van der Waals surface area contributed by atoms with Crippen molar-refractivity contribution in [2.45, 2.75) is 38.3 Å². The Balaban J connectivity index is 1.68. The van der Waals surface area contributed by atoms with E-state index >= 15 is 0 Å². The monoisotopic (exact) mass is 255 g/mol. The fourth-order valence-corrected chi connectivity index (χ4v) is 2.66. The number of carbonyl (C=O) groups excluding carboxylic acids is 1. The van der Waals surface area contributed by atoms with E-state index in [0.717, 1.165) is 39.3 Å². The number of nitrogens with two attached hydrogens (primary N) is 1. The minimum Gasteiger partial charge on any atom is -0.377 e. The van der Waals surface area contributed by atoms with Gasteiger partial charge in [0.05, 0.1) is 6.10 Å². The Morgan fingerprint density at radius 3 is 2.67 bits per heavy atom. The Labute approximate surface area is 109 Å². The molecule has 2 fully saturated rings. The Kier molecular flexibility index (Phi) is 4.97. The van der Waals surface area contributed by atoms with Gasteiger partial charge in [0.2, 0.25) is 5.91 Å². The van der Waals surface area contributed by atoms with Gasteiger partial charge in [0.15, 0.2) is 0 Å². The van der Waals surface area contributed by atoms with Crippen LogP contribution in [-0.2, 0) is 9.53 Å². The number of amides is 1. The molecule has 0 saturated carbocycles. The zero-order valence-electron chi connectivity index (χ0n) is 11.3. The normalized spacial score (nSPS) is 27.4. The Hall–Kier alpha value is -0.650. The number of carbonyl (C=O) groups is 1. The SMILES string of the molecule is CC(N)CC(=O)N1CCN(CC2CCCO2)CC1. The maximum atomic E-state index is 11.9. The van der Waals surface area contributed by atoms with Gasteiger partial charge < -0.3 is 15.4 Å². The highest BCUT2D eigenvalue weighted by Gasteiger charge is 2.24. The minimum absolute atomic E-state index is 0.0394. The van der Waals surface area contributed by atoms with E-state index in [9.17, 15) is 4.79 Å². The highest BCUT2D eigenvalue weighted by atomic mass is 16.5. The molecule has 0 spiro atoms. The Morgan fingerprint density at radius 1 is 1.39 bits per heavy atom. The maximum absolute atomic E-state index is 11.9. The highest BCUT2D eigenvalue weighted by Crippen LogP contribution is 2.14. The number of rotatable bonds is 4. The van der Waals surface area contributed by atoms with E-state index in [1.165, 1.54) is 12.8 Å². The third kappa shape index (κ3) is 3.93. The van der Waals surface area contributed by atoms with Crippen LogP contribution in [0.3, 0.4) is 0 Å². The fraction of sp³-hybridized carbons (Fsp3) is 0.923. The van der Waals surface area contributed by atoms with Gasteiger partial charge in [0, 0.05) is 51.8 Å². The lowest BCUT2D eigenvalue weighted by molar-refractivity contribution is -0.133. The summed E-state index contributed by atoms with van der Waals surface area (Å²) in [6, 6.07) is -0.0394. The maximum Gasteiger partial charge on any atom is 0.224 e. The lowest BCUT2D eigenvalue weighted by Gasteiger charge is -2.36. The van der Waals surface area contributed by atoms with E-state index in [-0.39, 0.29) is 11.9 Å². The average Bonchev–Trinajstić information content (AvgIpc) is 2.82. The van der Waals surface area contributed by atoms with Crippen LogP contribution in [0.25, 0.3) is 0 Å². The quantitative estimate of drug-likeness (QED) is 0.771. The molecule has 5 nitrogen and oxygen atoms in total. The van der Waals surface area contributed by atoms with Crippen molar-refractivity contribution >= 4 is 5.91 Å². The number of nitrogens with zero attached hydrogens (tertiary/aromatic N) is 2. The molecule has 2 saturated heterocycles. The molecule has 0 aromatic carbocycles. The zero-order chi connectivity index (χ0) is 13.0. The van der Waals surface area contributed by atoms with Crippen LogP contribution >= 0.6 is 0 Å². The Morgan fingerprint density at radius 2 is 2.11 bits per heavy atom. The molecular weight excluding hydrogens is 230 g/mol. The summed E-state index contributed by atoms with van der Waals surface area (Å²) in [7, 11) is 0. The van der Waals surface area contributed by atoms with Crippen molar-refractivity contribution in [3.63, 3.8) is 0 Å². The van der Waals surface area contributed by atoms with E-state index in [1.807, 2.05) is 11.8 Å². The third-order valence-electron chi connectivity index (χ3n) is 3.71. The summed E-state index contributed by atoms with van der Waals surface area (Å²) in [4.78, 5) is 16.2. The Bertz CT molecular complexity index is 269. The summed E-state index contributed by atoms with van der Waals surface area (Å²) in [5.74, 6) is 0.196. The molecule has 0 radical (unpaired) electrons. The van der Waals surface area contributed by atoms with Gasteiger partial charge >= 0.3 is 0 Å². The largest absolute Gasteiger partial charge is 0.377 e. The van der Waals surface area contributed by atoms with E-state index < -0.39 is 0 Å². The van der Waals surface area contributed by atoms with Crippen LogP contribution in [0.4, 0.5) is 0 Å². The smallest absolute Gasteiger partial charge is 0.224 e. The van der Waals surface area contributed by atoms with Gasteiger partial charge in [-0.2, -0.15) is 0 Å². The molecule has 2 heterocycles. The number of ether oxygens (including phenoxy) is 1. The molecule has 0 bridgehead atoms. The molecule has 0 aliphatic carbocycles. The van der Waals surface area contributed by atoms with Crippen molar-refractivity contribution in [2.24, 2.45) is 5.73 Å². The molecule has 2 atom stereocenters. The van der Waals surface area contributed by atoms with E-state index in [2.05, 4.69) is 4.90 Å². The summed E-state index contributed by atoms with van der Waals surface area (Å²) in [6.07, 6.45) is 3.25. The lowest BCUT2D eigenvalue weighted by atomic mass is 10.2. The van der Waals surface area contributed by atoms with E-state index in [4.69, 9.17) is 10.5 Å². The standard InChI is InChI=1S/C13H25N3O2/c1-11(14)9-13(17)16-6-4-15(5-7-16)10-12-3-2-8-18-12/h11-12H,2-10,14H2,1H3. The first kappa shape index (κ1) is 13.8. The molecule has 2 aliphatic rings. The summed E-state index contributed by atoms with van der Waals surface area (Å²) < 4.78 is 5.64. The predicted octanol–water partition coefficient (Wildman–Crippen LogP) is 0.0469. The van der Waals surface area contributed by atoms with Crippen LogP contribution in [-0.4, -0.2) is 67.2 Å². The molecule has 1 amide bonds. The molecule has 2 unspecified atom stereocenters. The van der Waals surface area contributed by atoms with Crippen molar-refractivity contribution in [3.8, 4) is 0 Å². The molecule has 5 heteroatoms. The van der Waals surface area contributed by atoms with Crippen LogP contribution in [0.2, 0.25) is 0 Å². The van der Waals surface area contributed by atoms with Gasteiger partial charge in [-0.1, -0.05) is 0 Å². The van der Waals surface area contributed by atoms with Gasteiger partial charge in [-0.15, -0.1) is 0 Å². The minimum atomic E-state index is -0.0394. The molecular formula is C13H25N3O2. The molecule has 0 aromatic rings. The van der Waals surface area contributed by atoms with Gasteiger partial charge in [-0.3, -0.25) is 9.69 Å². The molecule has 2 aliphatic heterocycles. The summed E-state index contributed by atoms with van der Waals surface area (Å²) in [6.45, 7) is 7.41. The second-order valence-corrected chi connectivity index (χ2v) is 5.50. The number of hydrogen-bond donors (Lipinski definition) is 1. The second-order valence-electron chi connectivity index (χ2n) is 5.50. The molecule has 2 N–H and O–H groups in total. The highest BCUT2D eigenvalue weighted by molar-refractivity contribution is 5.76. The topological polar surface area (TPSA) is 58.8 Å². The van der Waals surface area contributed by atoms with Crippen LogP contribution in [0.5, 0.6) is 0 Å². The van der Waals surface area contributed by atoms with Crippen LogP contribution in [0, 0.1) is 0 Å². The van der Waals surface area contributed by atoms with E-state index in [0.29, 0.717) is 12.5 Å². The number of piperazine rings is 1. The van der Waals surface area contributed by atoms with Crippen LogP contribution in [0.1, 0.15) is 26.2 Å². The van der Waals surface area contributed by atoms with Crippen molar-refractivity contribution in [3.05, 3.63) is 0 Å². The van der Waals surface area contributed by atoms with Gasteiger partial charge in [0.1, 0.15) is 0 Å². The zero-order valence-corrected chi connectivity index (χ0v) is 11.3. The summed E-state index contributed by atoms with van der Waals surface area (Å²) in [5.41, 5.74) is 5.66.